The number of aryl methyl sites for hydroxylation is 1. The number of nitro groups is 1. The van der Waals surface area contributed by atoms with Gasteiger partial charge in [-0.15, -0.1) is 0 Å². The third kappa shape index (κ3) is 4.51. The lowest BCUT2D eigenvalue weighted by Crippen LogP contribution is -2.37. The number of hydrogen-bond donors (Lipinski definition) is 2. The Labute approximate surface area is 129 Å². The van der Waals surface area contributed by atoms with Gasteiger partial charge in [0, 0.05) is 43.9 Å². The van der Waals surface area contributed by atoms with Crippen LogP contribution in [-0.4, -0.2) is 46.6 Å². The molecule has 1 aliphatic heterocycles. The lowest BCUT2D eigenvalue weighted by molar-refractivity contribution is -0.384. The summed E-state index contributed by atoms with van der Waals surface area (Å²) >= 11 is 0. The van der Waals surface area contributed by atoms with Crippen LogP contribution in [0.25, 0.3) is 0 Å². The number of aliphatic hydroxyl groups is 1. The maximum absolute atomic E-state index is 12.0. The van der Waals surface area contributed by atoms with Crippen LogP contribution in [-0.2, 0) is 4.79 Å². The number of rotatable bonds is 5. The summed E-state index contributed by atoms with van der Waals surface area (Å²) < 4.78 is 0. The first-order valence-electron chi connectivity index (χ1n) is 7.41. The number of nitro benzene ring substituents is 1. The molecule has 0 spiro atoms. The molecule has 1 amide bonds. The van der Waals surface area contributed by atoms with Gasteiger partial charge in [-0.25, -0.2) is 0 Å². The molecule has 0 unspecified atom stereocenters. The van der Waals surface area contributed by atoms with Crippen molar-refractivity contribution < 1.29 is 14.8 Å². The van der Waals surface area contributed by atoms with Crippen LogP contribution in [0.4, 0.5) is 11.4 Å². The quantitative estimate of drug-likeness (QED) is 0.637. The predicted molar refractivity (Wildman–Crippen MR) is 82.8 cm³/mol. The van der Waals surface area contributed by atoms with Crippen molar-refractivity contribution >= 4 is 17.3 Å². The minimum atomic E-state index is -0.455. The van der Waals surface area contributed by atoms with E-state index in [0.29, 0.717) is 24.2 Å². The number of aliphatic hydroxyl groups excluding tert-OH is 1. The van der Waals surface area contributed by atoms with E-state index >= 15 is 0 Å². The van der Waals surface area contributed by atoms with Crippen LogP contribution in [0, 0.1) is 17.0 Å². The fourth-order valence-corrected chi connectivity index (χ4v) is 2.52. The Bertz CT molecular complexity index is 554. The topological polar surface area (TPSA) is 95.7 Å². The first-order chi connectivity index (χ1) is 10.5. The molecule has 7 nitrogen and oxygen atoms in total. The van der Waals surface area contributed by atoms with Crippen LogP contribution in [0.1, 0.15) is 24.8 Å². The smallest absolute Gasteiger partial charge is 0.269 e. The third-order valence-corrected chi connectivity index (χ3v) is 3.91. The summed E-state index contributed by atoms with van der Waals surface area (Å²) in [6, 6.07) is 4.39. The number of non-ortho nitro benzene ring substituents is 1. The number of benzene rings is 1. The highest BCUT2D eigenvalue weighted by Crippen LogP contribution is 2.21. The molecule has 1 aliphatic rings. The second-order valence-corrected chi connectivity index (χ2v) is 5.63. The maximum Gasteiger partial charge on any atom is 0.269 e. The predicted octanol–water partition coefficient (Wildman–Crippen LogP) is 1.69. The SMILES string of the molecule is Cc1cc([N+](=O)[O-])ccc1NC(=O)CCN1CCC(O)CC1. The number of nitrogens with zero attached hydrogens (tertiary/aromatic N) is 2. The molecule has 1 aromatic rings. The number of anilines is 1. The molecule has 0 radical (unpaired) electrons. The number of carbonyl (C=O) groups excluding carboxylic acids is 1. The average molecular weight is 307 g/mol. The zero-order valence-electron chi connectivity index (χ0n) is 12.6. The molecule has 1 heterocycles. The number of nitrogens with one attached hydrogen (secondary N) is 1. The molecule has 0 aliphatic carbocycles. The van der Waals surface area contributed by atoms with Crippen LogP contribution < -0.4 is 5.32 Å². The normalized spacial score (nSPS) is 16.5. The summed E-state index contributed by atoms with van der Waals surface area (Å²) in [5.41, 5.74) is 1.29. The Morgan fingerprint density at radius 1 is 1.45 bits per heavy atom. The van der Waals surface area contributed by atoms with E-state index in [1.165, 1.54) is 12.1 Å². The molecule has 0 atom stereocenters. The van der Waals surface area contributed by atoms with Gasteiger partial charge < -0.3 is 15.3 Å². The van der Waals surface area contributed by atoms with E-state index in [1.54, 1.807) is 13.0 Å². The standard InChI is InChI=1S/C15H21N3O4/c1-11-10-12(18(21)22)2-3-14(11)16-15(20)6-9-17-7-4-13(19)5-8-17/h2-3,10,13,19H,4-9H2,1H3,(H,16,20). The van der Waals surface area contributed by atoms with Gasteiger partial charge >= 0.3 is 0 Å². The van der Waals surface area contributed by atoms with Crippen molar-refractivity contribution in [1.82, 2.24) is 4.90 Å². The second-order valence-electron chi connectivity index (χ2n) is 5.63. The van der Waals surface area contributed by atoms with Crippen molar-refractivity contribution in [1.29, 1.82) is 0 Å². The Kier molecular flexibility index (Phi) is 5.46. The summed E-state index contributed by atoms with van der Waals surface area (Å²) in [5.74, 6) is -0.108. The van der Waals surface area contributed by atoms with Crippen molar-refractivity contribution in [3.8, 4) is 0 Å². The number of hydrogen-bond acceptors (Lipinski definition) is 5. The monoisotopic (exact) mass is 307 g/mol. The van der Waals surface area contributed by atoms with E-state index in [1.807, 2.05) is 0 Å². The Morgan fingerprint density at radius 3 is 2.73 bits per heavy atom. The Hall–Kier alpha value is -1.99. The summed E-state index contributed by atoms with van der Waals surface area (Å²) in [6.45, 7) is 4.01. The Morgan fingerprint density at radius 2 is 2.14 bits per heavy atom. The van der Waals surface area contributed by atoms with Gasteiger partial charge in [0.2, 0.25) is 5.91 Å². The van der Waals surface area contributed by atoms with Gasteiger partial charge in [0.1, 0.15) is 0 Å². The minimum Gasteiger partial charge on any atom is -0.393 e. The molecule has 120 valence electrons. The van der Waals surface area contributed by atoms with Crippen molar-refractivity contribution in [2.45, 2.75) is 32.3 Å². The molecule has 0 saturated carbocycles. The molecule has 2 N–H and O–H groups in total. The average Bonchev–Trinajstić information content (AvgIpc) is 2.48. The highest BCUT2D eigenvalue weighted by molar-refractivity contribution is 5.91. The van der Waals surface area contributed by atoms with Crippen molar-refractivity contribution in [2.75, 3.05) is 25.0 Å². The van der Waals surface area contributed by atoms with Gasteiger partial charge in [-0.2, -0.15) is 0 Å². The first kappa shape index (κ1) is 16.4. The van der Waals surface area contributed by atoms with E-state index in [4.69, 9.17) is 0 Å². The lowest BCUT2D eigenvalue weighted by atomic mass is 10.1. The molecule has 7 heteroatoms. The highest BCUT2D eigenvalue weighted by atomic mass is 16.6. The number of carbonyl (C=O) groups is 1. The van der Waals surface area contributed by atoms with E-state index in [9.17, 15) is 20.0 Å². The minimum absolute atomic E-state index is 0.0161. The van der Waals surface area contributed by atoms with Crippen LogP contribution in [0.15, 0.2) is 18.2 Å². The Balaban J connectivity index is 1.83. The maximum atomic E-state index is 12.0. The third-order valence-electron chi connectivity index (χ3n) is 3.91. The highest BCUT2D eigenvalue weighted by Gasteiger charge is 2.17. The molecular formula is C15H21N3O4. The summed E-state index contributed by atoms with van der Waals surface area (Å²) in [4.78, 5) is 24.4. The molecule has 22 heavy (non-hydrogen) atoms. The zero-order valence-corrected chi connectivity index (χ0v) is 12.6. The van der Waals surface area contributed by atoms with Gasteiger partial charge in [-0.05, 0) is 31.4 Å². The van der Waals surface area contributed by atoms with Crippen molar-refractivity contribution in [2.24, 2.45) is 0 Å². The number of likely N-dealkylation sites (tertiary alicyclic amines) is 1. The van der Waals surface area contributed by atoms with Crippen molar-refractivity contribution in [3.05, 3.63) is 33.9 Å². The van der Waals surface area contributed by atoms with Gasteiger partial charge in [0.15, 0.2) is 0 Å². The van der Waals surface area contributed by atoms with Gasteiger partial charge in [0.25, 0.3) is 5.69 Å². The van der Waals surface area contributed by atoms with E-state index in [2.05, 4.69) is 10.2 Å². The number of amides is 1. The fraction of sp³-hybridized carbons (Fsp3) is 0.533. The number of piperidine rings is 1. The van der Waals surface area contributed by atoms with Crippen LogP contribution in [0.5, 0.6) is 0 Å². The molecular weight excluding hydrogens is 286 g/mol. The molecule has 1 fully saturated rings. The van der Waals surface area contributed by atoms with Crippen LogP contribution in [0.2, 0.25) is 0 Å². The van der Waals surface area contributed by atoms with Gasteiger partial charge in [-0.3, -0.25) is 14.9 Å². The molecule has 0 bridgehead atoms. The largest absolute Gasteiger partial charge is 0.393 e. The summed E-state index contributed by atoms with van der Waals surface area (Å²) in [5, 5.41) is 22.9. The lowest BCUT2D eigenvalue weighted by Gasteiger charge is -2.29. The van der Waals surface area contributed by atoms with Crippen LogP contribution >= 0.6 is 0 Å². The van der Waals surface area contributed by atoms with E-state index < -0.39 is 4.92 Å². The first-order valence-corrected chi connectivity index (χ1v) is 7.41. The van der Waals surface area contributed by atoms with E-state index in [-0.39, 0.29) is 17.7 Å². The van der Waals surface area contributed by atoms with Crippen molar-refractivity contribution in [3.63, 3.8) is 0 Å². The fourth-order valence-electron chi connectivity index (χ4n) is 2.52. The molecule has 1 saturated heterocycles. The van der Waals surface area contributed by atoms with Gasteiger partial charge in [-0.1, -0.05) is 0 Å². The zero-order chi connectivity index (χ0) is 16.1. The molecule has 2 rings (SSSR count). The van der Waals surface area contributed by atoms with Crippen LogP contribution in [0.3, 0.4) is 0 Å². The molecule has 0 aromatic heterocycles. The van der Waals surface area contributed by atoms with Gasteiger partial charge in [0.05, 0.1) is 11.0 Å². The summed E-state index contributed by atoms with van der Waals surface area (Å²) in [7, 11) is 0. The summed E-state index contributed by atoms with van der Waals surface area (Å²) in [6.07, 6.45) is 1.66. The second kappa shape index (κ2) is 7.33. The van der Waals surface area contributed by atoms with E-state index in [0.717, 1.165) is 25.9 Å². The molecule has 1 aromatic carbocycles.